The third-order valence-corrected chi connectivity index (χ3v) is 7.51. The summed E-state index contributed by atoms with van der Waals surface area (Å²) in [6, 6.07) is 9.92. The van der Waals surface area contributed by atoms with Gasteiger partial charge in [0.05, 0.1) is 18.4 Å². The smallest absolute Gasteiger partial charge is 0.235 e. The molecule has 2 heterocycles. The first-order valence-electron chi connectivity index (χ1n) is 10.1. The third kappa shape index (κ3) is 4.60. The molecule has 7 nitrogen and oxygen atoms in total. The van der Waals surface area contributed by atoms with E-state index in [1.807, 2.05) is 35.9 Å². The van der Waals surface area contributed by atoms with E-state index in [2.05, 4.69) is 21.6 Å². The molecule has 1 aliphatic rings. The highest BCUT2D eigenvalue weighted by atomic mass is 32.2. The normalized spacial score (nSPS) is 13.2. The molecule has 0 saturated carbocycles. The topological polar surface area (TPSA) is 92.8 Å². The van der Waals surface area contributed by atoms with Gasteiger partial charge in [-0.25, -0.2) is 0 Å². The van der Waals surface area contributed by atoms with E-state index in [0.29, 0.717) is 21.5 Å². The van der Waals surface area contributed by atoms with Crippen molar-refractivity contribution in [1.82, 2.24) is 14.8 Å². The summed E-state index contributed by atoms with van der Waals surface area (Å²) >= 11 is 2.87. The minimum absolute atomic E-state index is 0.149. The molecule has 3 aromatic rings. The maximum absolute atomic E-state index is 12.6. The lowest BCUT2D eigenvalue weighted by molar-refractivity contribution is -0.113. The van der Waals surface area contributed by atoms with Gasteiger partial charge in [-0.15, -0.1) is 21.5 Å². The van der Waals surface area contributed by atoms with Gasteiger partial charge >= 0.3 is 0 Å². The fourth-order valence-corrected chi connectivity index (χ4v) is 5.66. The molecule has 160 valence electrons. The Morgan fingerprint density at radius 3 is 2.97 bits per heavy atom. The number of nitrogens with zero attached hydrogens (tertiary/aromatic N) is 4. The zero-order valence-electron chi connectivity index (χ0n) is 17.5. The number of benzene rings is 1. The van der Waals surface area contributed by atoms with Gasteiger partial charge in [-0.1, -0.05) is 30.3 Å². The van der Waals surface area contributed by atoms with Gasteiger partial charge in [-0.05, 0) is 43.4 Å². The highest BCUT2D eigenvalue weighted by Crippen LogP contribution is 2.37. The van der Waals surface area contributed by atoms with E-state index in [4.69, 9.17) is 4.74 Å². The highest BCUT2D eigenvalue weighted by Gasteiger charge is 2.21. The Kier molecular flexibility index (Phi) is 6.59. The molecule has 0 saturated heterocycles. The summed E-state index contributed by atoms with van der Waals surface area (Å²) in [6.45, 7) is 0. The number of nitrogens with one attached hydrogen (secondary N) is 1. The summed E-state index contributed by atoms with van der Waals surface area (Å²) in [5, 5.41) is 22.4. The van der Waals surface area contributed by atoms with Crippen LogP contribution in [0.15, 0.2) is 29.4 Å². The number of carbonyl (C=O) groups excluding carboxylic acids is 1. The predicted octanol–water partition coefficient (Wildman–Crippen LogP) is 4.42. The summed E-state index contributed by atoms with van der Waals surface area (Å²) < 4.78 is 7.14. The zero-order chi connectivity index (χ0) is 21.8. The van der Waals surface area contributed by atoms with Crippen LogP contribution in [-0.4, -0.2) is 33.5 Å². The number of fused-ring (bicyclic) bond motifs is 1. The van der Waals surface area contributed by atoms with E-state index < -0.39 is 0 Å². The Morgan fingerprint density at radius 1 is 1.32 bits per heavy atom. The van der Waals surface area contributed by atoms with Crippen molar-refractivity contribution in [3.63, 3.8) is 0 Å². The largest absolute Gasteiger partial charge is 0.497 e. The van der Waals surface area contributed by atoms with Gasteiger partial charge in [0.1, 0.15) is 16.8 Å². The molecule has 0 bridgehead atoms. The molecular formula is C22H23N5O2S2. The van der Waals surface area contributed by atoms with Crippen LogP contribution in [0, 0.1) is 11.3 Å². The Labute approximate surface area is 189 Å². The van der Waals surface area contributed by atoms with E-state index in [1.54, 1.807) is 18.4 Å². The Morgan fingerprint density at radius 2 is 2.16 bits per heavy atom. The van der Waals surface area contributed by atoms with Gasteiger partial charge in [0.2, 0.25) is 5.91 Å². The SMILES string of the molecule is COc1cccc(-c2nnc(SCC(=O)Nc3sc4c(c3C#N)CCCCC4)n2C)c1. The summed E-state index contributed by atoms with van der Waals surface area (Å²) in [5.74, 6) is 1.49. The first-order chi connectivity index (χ1) is 15.1. The minimum atomic E-state index is -0.149. The average Bonchev–Trinajstić information content (AvgIpc) is 3.22. The van der Waals surface area contributed by atoms with Crippen LogP contribution in [0.5, 0.6) is 5.75 Å². The number of amides is 1. The van der Waals surface area contributed by atoms with Crippen molar-refractivity contribution >= 4 is 34.0 Å². The quantitative estimate of drug-likeness (QED) is 0.439. The number of hydrogen-bond acceptors (Lipinski definition) is 7. The lowest BCUT2D eigenvalue weighted by Crippen LogP contribution is -2.14. The molecule has 1 N–H and O–H groups in total. The molecule has 0 fully saturated rings. The van der Waals surface area contributed by atoms with E-state index in [1.165, 1.54) is 23.1 Å². The Balaban J connectivity index is 1.43. The van der Waals surface area contributed by atoms with Crippen molar-refractivity contribution in [3.05, 3.63) is 40.3 Å². The first-order valence-corrected chi connectivity index (χ1v) is 11.9. The predicted molar refractivity (Wildman–Crippen MR) is 123 cm³/mol. The molecular weight excluding hydrogens is 430 g/mol. The van der Waals surface area contributed by atoms with Crippen LogP contribution < -0.4 is 10.1 Å². The van der Waals surface area contributed by atoms with Crippen LogP contribution in [-0.2, 0) is 24.7 Å². The van der Waals surface area contributed by atoms with Gasteiger partial charge in [0.15, 0.2) is 11.0 Å². The maximum atomic E-state index is 12.6. The van der Waals surface area contributed by atoms with E-state index in [-0.39, 0.29) is 11.7 Å². The fourth-order valence-electron chi connectivity index (χ4n) is 3.70. The standard InChI is InChI=1S/C22H23N5O2S2/c1-27-20(14-7-6-8-15(11-14)29-2)25-26-22(27)30-13-19(28)24-21-17(12-23)16-9-4-3-5-10-18(16)31-21/h6-8,11H,3-5,9-10,13H2,1-2H3,(H,24,28). The monoisotopic (exact) mass is 453 g/mol. The molecule has 1 aliphatic carbocycles. The van der Waals surface area contributed by atoms with Gasteiger partial charge in [-0.3, -0.25) is 4.79 Å². The molecule has 2 aromatic heterocycles. The molecule has 0 radical (unpaired) electrons. The summed E-state index contributed by atoms with van der Waals surface area (Å²) in [6.07, 6.45) is 5.35. The van der Waals surface area contributed by atoms with Crippen molar-refractivity contribution in [3.8, 4) is 23.2 Å². The molecule has 31 heavy (non-hydrogen) atoms. The third-order valence-electron chi connectivity index (χ3n) is 5.28. The maximum Gasteiger partial charge on any atom is 0.235 e. The zero-order valence-corrected chi connectivity index (χ0v) is 19.1. The van der Waals surface area contributed by atoms with Crippen LogP contribution in [0.4, 0.5) is 5.00 Å². The number of nitriles is 1. The first kappa shape index (κ1) is 21.4. The molecule has 1 aromatic carbocycles. The van der Waals surface area contributed by atoms with Gasteiger partial charge in [-0.2, -0.15) is 5.26 Å². The van der Waals surface area contributed by atoms with Crippen molar-refractivity contribution < 1.29 is 9.53 Å². The second kappa shape index (κ2) is 9.54. The van der Waals surface area contributed by atoms with Crippen LogP contribution in [0.3, 0.4) is 0 Å². The number of thioether (sulfide) groups is 1. The molecule has 0 aliphatic heterocycles. The van der Waals surface area contributed by atoms with Crippen molar-refractivity contribution in [2.75, 3.05) is 18.2 Å². The van der Waals surface area contributed by atoms with Crippen LogP contribution in [0.2, 0.25) is 0 Å². The lowest BCUT2D eigenvalue weighted by Gasteiger charge is -2.06. The minimum Gasteiger partial charge on any atom is -0.497 e. The van der Waals surface area contributed by atoms with Gasteiger partial charge in [0.25, 0.3) is 0 Å². The summed E-state index contributed by atoms with van der Waals surface area (Å²) in [4.78, 5) is 13.8. The van der Waals surface area contributed by atoms with E-state index >= 15 is 0 Å². The number of thiophene rings is 1. The highest BCUT2D eigenvalue weighted by molar-refractivity contribution is 7.99. The number of aryl methyl sites for hydroxylation is 1. The molecule has 4 rings (SSSR count). The second-order valence-electron chi connectivity index (χ2n) is 7.31. The van der Waals surface area contributed by atoms with Crippen LogP contribution >= 0.6 is 23.1 Å². The molecule has 9 heteroatoms. The van der Waals surface area contributed by atoms with Crippen LogP contribution in [0.25, 0.3) is 11.4 Å². The van der Waals surface area contributed by atoms with Gasteiger partial charge < -0.3 is 14.6 Å². The molecule has 1 amide bonds. The Bertz CT molecular complexity index is 1150. The van der Waals surface area contributed by atoms with E-state index in [0.717, 1.165) is 42.6 Å². The lowest BCUT2D eigenvalue weighted by atomic mass is 10.1. The second-order valence-corrected chi connectivity index (χ2v) is 9.36. The van der Waals surface area contributed by atoms with Crippen molar-refractivity contribution in [2.24, 2.45) is 7.05 Å². The average molecular weight is 454 g/mol. The van der Waals surface area contributed by atoms with Gasteiger partial charge in [0, 0.05) is 17.5 Å². The number of ether oxygens (including phenoxy) is 1. The number of carbonyl (C=O) groups is 1. The Hall–Kier alpha value is -2.83. The van der Waals surface area contributed by atoms with Crippen molar-refractivity contribution in [2.45, 2.75) is 37.3 Å². The van der Waals surface area contributed by atoms with Crippen LogP contribution in [0.1, 0.15) is 35.3 Å². The number of methoxy groups -OCH3 is 1. The number of anilines is 1. The molecule has 0 spiro atoms. The molecule has 0 atom stereocenters. The van der Waals surface area contributed by atoms with E-state index in [9.17, 15) is 10.1 Å². The summed E-state index contributed by atoms with van der Waals surface area (Å²) in [7, 11) is 3.50. The molecule has 0 unspecified atom stereocenters. The number of hydrogen-bond donors (Lipinski definition) is 1. The fraction of sp³-hybridized carbons (Fsp3) is 0.364. The van der Waals surface area contributed by atoms with Crippen molar-refractivity contribution in [1.29, 1.82) is 5.26 Å². The summed E-state index contributed by atoms with van der Waals surface area (Å²) in [5.41, 5.74) is 2.66. The number of rotatable bonds is 6. The number of aromatic nitrogens is 3.